The normalized spacial score (nSPS) is 21.8. The summed E-state index contributed by atoms with van der Waals surface area (Å²) in [6, 6.07) is 6.73. The molecule has 0 aromatic heterocycles. The van der Waals surface area contributed by atoms with E-state index in [-0.39, 0.29) is 0 Å². The van der Waals surface area contributed by atoms with E-state index in [1.54, 1.807) is 11.9 Å². The van der Waals surface area contributed by atoms with E-state index < -0.39 is 0 Å². The van der Waals surface area contributed by atoms with Crippen molar-refractivity contribution in [3.05, 3.63) is 22.7 Å². The molecule has 0 amide bonds. The molecule has 1 heterocycles. The van der Waals surface area contributed by atoms with Crippen LogP contribution in [0.25, 0.3) is 0 Å². The van der Waals surface area contributed by atoms with Crippen LogP contribution in [0.5, 0.6) is 0 Å². The molecule has 1 aliphatic carbocycles. The maximum atomic E-state index is 4.53. The van der Waals surface area contributed by atoms with E-state index >= 15 is 0 Å². The van der Waals surface area contributed by atoms with E-state index in [2.05, 4.69) is 43.1 Å². The van der Waals surface area contributed by atoms with Crippen LogP contribution in [-0.4, -0.2) is 12.0 Å². The molecule has 1 aromatic rings. The molecule has 1 saturated carbocycles. The summed E-state index contributed by atoms with van der Waals surface area (Å²) in [5.41, 5.74) is 1.13. The number of nitrogens with zero attached hydrogens (tertiary/aromatic N) is 1. The van der Waals surface area contributed by atoms with Gasteiger partial charge in [-0.1, -0.05) is 15.9 Å². The molecule has 1 aromatic carbocycles. The first kappa shape index (κ1) is 9.54. The van der Waals surface area contributed by atoms with Crippen LogP contribution in [0, 0.1) is 0 Å². The predicted molar refractivity (Wildman–Crippen MR) is 67.2 cm³/mol. The monoisotopic (exact) mass is 283 g/mol. The molecular formula is C10H10BrN3S. The molecule has 5 heteroatoms. The van der Waals surface area contributed by atoms with Crippen molar-refractivity contribution in [2.24, 2.45) is 4.99 Å². The van der Waals surface area contributed by atoms with Gasteiger partial charge in [0.2, 0.25) is 5.96 Å². The van der Waals surface area contributed by atoms with Crippen molar-refractivity contribution in [3.63, 3.8) is 0 Å². The van der Waals surface area contributed by atoms with E-state index in [9.17, 15) is 0 Å². The second-order valence-corrected chi connectivity index (χ2v) is 5.44. The summed E-state index contributed by atoms with van der Waals surface area (Å²) in [6.45, 7) is 0. The fraction of sp³-hybridized carbons (Fsp3) is 0.300. The smallest absolute Gasteiger partial charge is 0.206 e. The highest BCUT2D eigenvalue weighted by atomic mass is 79.9. The second kappa shape index (κ2) is 3.72. The lowest BCUT2D eigenvalue weighted by molar-refractivity contribution is 1.05. The van der Waals surface area contributed by atoms with Gasteiger partial charge in [0.15, 0.2) is 0 Å². The molecule has 0 atom stereocenters. The number of guanidine groups is 1. The van der Waals surface area contributed by atoms with Crippen LogP contribution < -0.4 is 10.0 Å². The van der Waals surface area contributed by atoms with Gasteiger partial charge in [-0.2, -0.15) is 0 Å². The summed E-state index contributed by atoms with van der Waals surface area (Å²) in [5.74, 6) is 0.886. The fourth-order valence-corrected chi connectivity index (χ4v) is 2.62. The van der Waals surface area contributed by atoms with E-state index in [0.717, 1.165) is 16.1 Å². The summed E-state index contributed by atoms with van der Waals surface area (Å²) in [7, 11) is 0. The lowest BCUT2D eigenvalue weighted by Gasteiger charge is -2.20. The van der Waals surface area contributed by atoms with Crippen LogP contribution in [0.4, 0.5) is 5.69 Å². The number of hydrogen-bond acceptors (Lipinski definition) is 2. The van der Waals surface area contributed by atoms with Crippen LogP contribution >= 0.6 is 27.9 Å². The number of benzene rings is 1. The lowest BCUT2D eigenvalue weighted by Crippen LogP contribution is -2.29. The van der Waals surface area contributed by atoms with Gasteiger partial charge >= 0.3 is 0 Å². The van der Waals surface area contributed by atoms with Gasteiger partial charge < -0.3 is 5.32 Å². The van der Waals surface area contributed by atoms with Crippen LogP contribution in [0.15, 0.2) is 32.6 Å². The van der Waals surface area contributed by atoms with Crippen LogP contribution in [-0.2, 0) is 0 Å². The third-order valence-corrected chi connectivity index (χ3v) is 3.66. The standard InChI is InChI=1S/C10H10BrN3S/c11-6-1-4-8-9(5-6)15-14-10(13-8)12-7-2-3-7/h1,4-5,7H,2-3H2,(H2,12,13,14). The Morgan fingerprint density at radius 2 is 2.27 bits per heavy atom. The zero-order chi connectivity index (χ0) is 10.3. The molecule has 1 aliphatic heterocycles. The quantitative estimate of drug-likeness (QED) is 0.778. The summed E-state index contributed by atoms with van der Waals surface area (Å²) >= 11 is 5.06. The Morgan fingerprint density at radius 3 is 3.07 bits per heavy atom. The van der Waals surface area contributed by atoms with Gasteiger partial charge in [-0.05, 0) is 43.0 Å². The number of nitrogens with one attached hydrogen (secondary N) is 2. The van der Waals surface area contributed by atoms with Gasteiger partial charge in [0.25, 0.3) is 0 Å². The van der Waals surface area contributed by atoms with Gasteiger partial charge in [-0.15, -0.1) is 0 Å². The van der Waals surface area contributed by atoms with E-state index in [1.807, 2.05) is 6.07 Å². The zero-order valence-corrected chi connectivity index (χ0v) is 10.4. The zero-order valence-electron chi connectivity index (χ0n) is 7.96. The SMILES string of the molecule is Brc1ccc2c(c1)SNC(=NC1CC1)N2. The highest BCUT2D eigenvalue weighted by molar-refractivity contribution is 9.10. The van der Waals surface area contributed by atoms with Crippen molar-refractivity contribution < 1.29 is 0 Å². The lowest BCUT2D eigenvalue weighted by atomic mass is 10.3. The molecule has 0 bridgehead atoms. The third-order valence-electron chi connectivity index (χ3n) is 2.31. The molecule has 1 fully saturated rings. The predicted octanol–water partition coefficient (Wildman–Crippen LogP) is 2.99. The van der Waals surface area contributed by atoms with Crippen molar-refractivity contribution in [2.45, 2.75) is 23.8 Å². The highest BCUT2D eigenvalue weighted by Crippen LogP contribution is 2.32. The van der Waals surface area contributed by atoms with Crippen molar-refractivity contribution in [1.82, 2.24) is 4.72 Å². The van der Waals surface area contributed by atoms with Gasteiger partial charge in [-0.3, -0.25) is 4.72 Å². The Kier molecular flexibility index (Phi) is 2.36. The summed E-state index contributed by atoms with van der Waals surface area (Å²) < 4.78 is 4.31. The molecule has 15 heavy (non-hydrogen) atoms. The molecule has 0 unspecified atom stereocenters. The minimum atomic E-state index is 0.539. The first-order valence-electron chi connectivity index (χ1n) is 4.88. The van der Waals surface area contributed by atoms with Gasteiger partial charge in [0.1, 0.15) is 0 Å². The molecule has 3 nitrogen and oxygen atoms in total. The molecule has 0 saturated heterocycles. The minimum Gasteiger partial charge on any atom is -0.325 e. The molecule has 3 rings (SSSR count). The highest BCUT2D eigenvalue weighted by Gasteiger charge is 2.22. The molecular weight excluding hydrogens is 274 g/mol. The third kappa shape index (κ3) is 2.13. The Labute approximate surface area is 101 Å². The first-order valence-corrected chi connectivity index (χ1v) is 6.49. The molecule has 78 valence electrons. The summed E-state index contributed by atoms with van der Waals surface area (Å²) in [4.78, 5) is 5.72. The van der Waals surface area contributed by atoms with Crippen LogP contribution in [0.3, 0.4) is 0 Å². The Bertz CT molecular complexity index is 429. The number of rotatable bonds is 1. The van der Waals surface area contributed by atoms with Gasteiger partial charge in [0, 0.05) is 4.47 Å². The Hall–Kier alpha value is -0.680. The number of aliphatic imine (C=N–C) groups is 1. The molecule has 0 radical (unpaired) electrons. The van der Waals surface area contributed by atoms with Crippen LogP contribution in [0.2, 0.25) is 0 Å². The van der Waals surface area contributed by atoms with Crippen molar-refractivity contribution in [2.75, 3.05) is 5.32 Å². The van der Waals surface area contributed by atoms with Gasteiger partial charge in [-0.25, -0.2) is 4.99 Å². The number of halogens is 1. The summed E-state index contributed by atoms with van der Waals surface area (Å²) in [6.07, 6.45) is 2.45. The minimum absolute atomic E-state index is 0.539. The van der Waals surface area contributed by atoms with E-state index in [4.69, 9.17) is 0 Å². The van der Waals surface area contributed by atoms with E-state index in [1.165, 1.54) is 17.7 Å². The number of anilines is 1. The largest absolute Gasteiger partial charge is 0.325 e. The average molecular weight is 284 g/mol. The van der Waals surface area contributed by atoms with E-state index in [0.29, 0.717) is 6.04 Å². The first-order chi connectivity index (χ1) is 7.31. The Balaban J connectivity index is 1.86. The average Bonchev–Trinajstić information content (AvgIpc) is 3.02. The number of fused-ring (bicyclic) bond motifs is 1. The summed E-state index contributed by atoms with van der Waals surface area (Å²) in [5, 5.41) is 3.29. The number of hydrogen-bond donors (Lipinski definition) is 2. The molecule has 2 aliphatic rings. The molecule has 2 N–H and O–H groups in total. The van der Waals surface area contributed by atoms with Crippen molar-refractivity contribution in [1.29, 1.82) is 0 Å². The second-order valence-electron chi connectivity index (χ2n) is 3.68. The Morgan fingerprint density at radius 1 is 1.40 bits per heavy atom. The van der Waals surface area contributed by atoms with Crippen molar-refractivity contribution in [3.8, 4) is 0 Å². The topological polar surface area (TPSA) is 36.4 Å². The maximum absolute atomic E-state index is 4.53. The maximum Gasteiger partial charge on any atom is 0.206 e. The fourth-order valence-electron chi connectivity index (χ4n) is 1.39. The van der Waals surface area contributed by atoms with Gasteiger partial charge in [0.05, 0.1) is 16.6 Å². The molecule has 0 spiro atoms. The van der Waals surface area contributed by atoms with Crippen molar-refractivity contribution >= 4 is 39.5 Å². The van der Waals surface area contributed by atoms with Crippen LogP contribution in [0.1, 0.15) is 12.8 Å².